The summed E-state index contributed by atoms with van der Waals surface area (Å²) >= 11 is 6.20. The van der Waals surface area contributed by atoms with Crippen LogP contribution in [0.4, 0.5) is 18.9 Å². The van der Waals surface area contributed by atoms with E-state index in [4.69, 9.17) is 21.1 Å². The molecule has 0 spiro atoms. The van der Waals surface area contributed by atoms with Crippen LogP contribution >= 0.6 is 11.6 Å². The molecular weight excluding hydrogens is 551 g/mol. The van der Waals surface area contributed by atoms with Crippen molar-refractivity contribution in [1.82, 2.24) is 0 Å². The number of fused-ring (bicyclic) bond motifs is 2. The van der Waals surface area contributed by atoms with E-state index in [1.54, 1.807) is 0 Å². The smallest absolute Gasteiger partial charge is 0.255 e. The summed E-state index contributed by atoms with van der Waals surface area (Å²) in [5.41, 5.74) is -1.70. The number of aliphatic hydroxyl groups excluding tert-OH is 1. The zero-order valence-corrected chi connectivity index (χ0v) is 21.9. The number of hydrogen-bond donors (Lipinski definition) is 3. The van der Waals surface area contributed by atoms with Gasteiger partial charge in [-0.1, -0.05) is 11.6 Å². The molecule has 2 aromatic rings. The van der Waals surface area contributed by atoms with Crippen LogP contribution in [-0.2, 0) is 19.3 Å². The van der Waals surface area contributed by atoms with Crippen molar-refractivity contribution in [2.75, 3.05) is 32.2 Å². The number of amides is 1. The van der Waals surface area contributed by atoms with Crippen LogP contribution in [0.25, 0.3) is 0 Å². The minimum atomic E-state index is -4.02. The van der Waals surface area contributed by atoms with Crippen LogP contribution in [-0.4, -0.2) is 68.4 Å². The maximum absolute atomic E-state index is 13.5. The van der Waals surface area contributed by atoms with E-state index in [1.807, 2.05) is 0 Å². The van der Waals surface area contributed by atoms with E-state index in [1.165, 1.54) is 19.2 Å². The van der Waals surface area contributed by atoms with Gasteiger partial charge in [-0.15, -0.1) is 0 Å². The average Bonchev–Trinajstić information content (AvgIpc) is 2.87. The summed E-state index contributed by atoms with van der Waals surface area (Å²) in [6.07, 6.45) is 0.0952. The van der Waals surface area contributed by atoms with E-state index < -0.39 is 50.2 Å². The Bertz CT molecular complexity index is 1290. The molecule has 0 aromatic heterocycles. The minimum Gasteiger partial charge on any atom is -0.388 e. The molecule has 2 unspecified atom stereocenters. The van der Waals surface area contributed by atoms with Crippen LogP contribution in [0.2, 0.25) is 5.02 Å². The Kier molecular flexibility index (Phi) is 8.41. The highest BCUT2D eigenvalue weighted by atomic mass is 35.5. The number of carbonyl (C=O) groups is 1. The normalized spacial score (nSPS) is 25.5. The van der Waals surface area contributed by atoms with Crippen LogP contribution < -0.4 is 5.32 Å². The number of carbonyl (C=O) groups excluding carboxylic acids is 1. The molecule has 3 atom stereocenters. The quantitative estimate of drug-likeness (QED) is 0.370. The topological polar surface area (TPSA) is 122 Å². The van der Waals surface area contributed by atoms with E-state index in [0.29, 0.717) is 18.6 Å². The molecule has 3 aliphatic carbocycles. The van der Waals surface area contributed by atoms with Crippen LogP contribution in [0.5, 0.6) is 0 Å². The van der Waals surface area contributed by atoms with Gasteiger partial charge >= 0.3 is 0 Å². The van der Waals surface area contributed by atoms with E-state index in [2.05, 4.69) is 5.32 Å². The minimum absolute atomic E-state index is 0.0288. The van der Waals surface area contributed by atoms with Gasteiger partial charge in [-0.25, -0.2) is 21.6 Å². The van der Waals surface area contributed by atoms with Crippen molar-refractivity contribution < 1.29 is 46.1 Å². The molecular formula is C25H27ClF3NO7S. The molecule has 5 rings (SSSR count). The van der Waals surface area contributed by atoms with Gasteiger partial charge in [0.15, 0.2) is 27.3 Å². The highest BCUT2D eigenvalue weighted by Gasteiger charge is 2.60. The maximum atomic E-state index is 13.5. The number of anilines is 1. The third-order valence-corrected chi connectivity index (χ3v) is 9.92. The lowest BCUT2D eigenvalue weighted by Gasteiger charge is -2.58. The summed E-state index contributed by atoms with van der Waals surface area (Å²) in [5.74, 6) is -6.23. The third kappa shape index (κ3) is 5.56. The SMILES string of the molecule is COC[C@@H](O)COCC1(O)C2CC1CC(S(=O)(=O)c1cc(C(=O)Nc3cc(F)c(F)c(F)c3)ccc1Cl)C2. The Labute approximate surface area is 222 Å². The molecule has 13 heteroatoms. The van der Waals surface area contributed by atoms with E-state index in [-0.39, 0.29) is 65.7 Å². The van der Waals surface area contributed by atoms with Gasteiger partial charge in [-0.2, -0.15) is 0 Å². The molecule has 2 aromatic carbocycles. The standard InChI is InChI=1S/C25H27ClF3NO7S/c1-36-10-17(31)11-37-12-25(33)14-5-15(25)7-18(6-14)38(34,35)22-4-13(2-3-19(22)26)24(32)30-16-8-20(27)23(29)21(28)9-16/h2-4,8-9,14-15,17-18,31,33H,5-7,10-12H2,1H3,(H,30,32)/t14?,15?,17-,18?,25?/m1/s1. The van der Waals surface area contributed by atoms with E-state index in [9.17, 15) is 36.6 Å². The number of methoxy groups -OCH3 is 1. The summed E-state index contributed by atoms with van der Waals surface area (Å²) in [4.78, 5) is 12.4. The van der Waals surface area contributed by atoms with Crippen LogP contribution in [0.15, 0.2) is 35.2 Å². The lowest BCUT2D eigenvalue weighted by atomic mass is 9.54. The summed E-state index contributed by atoms with van der Waals surface area (Å²) < 4.78 is 77.5. The third-order valence-electron chi connectivity index (χ3n) is 7.26. The number of benzene rings is 2. The average molecular weight is 578 g/mol. The number of ether oxygens (including phenoxy) is 2. The van der Waals surface area contributed by atoms with Crippen LogP contribution in [0.3, 0.4) is 0 Å². The number of halogens is 4. The first-order valence-electron chi connectivity index (χ1n) is 11.8. The first kappa shape index (κ1) is 28.8. The van der Waals surface area contributed by atoms with Crippen molar-refractivity contribution in [3.05, 3.63) is 58.4 Å². The van der Waals surface area contributed by atoms with Crippen molar-refractivity contribution in [2.45, 2.75) is 41.1 Å². The number of sulfone groups is 1. The summed E-state index contributed by atoms with van der Waals surface area (Å²) in [6, 6.07) is 4.76. The lowest BCUT2D eigenvalue weighted by Crippen LogP contribution is -2.64. The molecule has 38 heavy (non-hydrogen) atoms. The van der Waals surface area contributed by atoms with Crippen molar-refractivity contribution in [3.63, 3.8) is 0 Å². The molecule has 208 valence electrons. The Morgan fingerprint density at radius 1 is 1.13 bits per heavy atom. The zero-order chi connectivity index (χ0) is 27.8. The molecule has 2 bridgehead atoms. The molecule has 0 heterocycles. The Morgan fingerprint density at radius 3 is 2.37 bits per heavy atom. The maximum Gasteiger partial charge on any atom is 0.255 e. The van der Waals surface area contributed by atoms with Gasteiger partial charge in [-0.3, -0.25) is 4.79 Å². The van der Waals surface area contributed by atoms with Crippen molar-refractivity contribution >= 4 is 33.0 Å². The van der Waals surface area contributed by atoms with E-state index in [0.717, 1.165) is 6.07 Å². The first-order chi connectivity index (χ1) is 17.9. The molecule has 3 saturated carbocycles. The Balaban J connectivity index is 1.46. The van der Waals surface area contributed by atoms with Crippen molar-refractivity contribution in [2.24, 2.45) is 11.8 Å². The van der Waals surface area contributed by atoms with E-state index >= 15 is 0 Å². The highest BCUT2D eigenvalue weighted by molar-refractivity contribution is 7.92. The van der Waals surface area contributed by atoms with Crippen molar-refractivity contribution in [3.8, 4) is 0 Å². The zero-order valence-electron chi connectivity index (χ0n) is 20.3. The van der Waals surface area contributed by atoms with Gasteiger partial charge in [0.2, 0.25) is 0 Å². The summed E-state index contributed by atoms with van der Waals surface area (Å²) in [7, 11) is -2.58. The summed E-state index contributed by atoms with van der Waals surface area (Å²) in [6.45, 7) is 0.0109. The molecule has 0 aliphatic heterocycles. The van der Waals surface area contributed by atoms with Gasteiger partial charge in [0.1, 0.15) is 6.10 Å². The van der Waals surface area contributed by atoms with Crippen molar-refractivity contribution in [1.29, 1.82) is 0 Å². The molecule has 1 amide bonds. The fraction of sp³-hybridized carbons (Fsp3) is 0.480. The second-order valence-electron chi connectivity index (χ2n) is 9.74. The first-order valence-corrected chi connectivity index (χ1v) is 13.8. The number of aliphatic hydroxyl groups is 2. The molecule has 8 nitrogen and oxygen atoms in total. The van der Waals surface area contributed by atoms with Gasteiger partial charge < -0.3 is 25.0 Å². The lowest BCUT2D eigenvalue weighted by molar-refractivity contribution is -0.210. The number of nitrogens with one attached hydrogen (secondary N) is 1. The number of hydrogen-bond acceptors (Lipinski definition) is 7. The molecule has 0 saturated heterocycles. The van der Waals surface area contributed by atoms with Gasteiger partial charge in [-0.05, 0) is 49.3 Å². The van der Waals surface area contributed by atoms with Gasteiger partial charge in [0.25, 0.3) is 5.91 Å². The Morgan fingerprint density at radius 2 is 1.76 bits per heavy atom. The second kappa shape index (κ2) is 11.1. The molecule has 3 fully saturated rings. The molecule has 3 N–H and O–H groups in total. The highest BCUT2D eigenvalue weighted by Crippen LogP contribution is 2.55. The predicted octanol–water partition coefficient (Wildman–Crippen LogP) is 3.34. The molecule has 3 aliphatic rings. The largest absolute Gasteiger partial charge is 0.388 e. The predicted molar refractivity (Wildman–Crippen MR) is 131 cm³/mol. The van der Waals surface area contributed by atoms with Gasteiger partial charge in [0, 0.05) is 30.5 Å². The van der Waals surface area contributed by atoms with Crippen LogP contribution in [0.1, 0.15) is 29.6 Å². The van der Waals surface area contributed by atoms with Gasteiger partial charge in [0.05, 0.1) is 40.6 Å². The fourth-order valence-electron chi connectivity index (χ4n) is 5.22. The monoisotopic (exact) mass is 577 g/mol. The number of rotatable bonds is 10. The summed E-state index contributed by atoms with van der Waals surface area (Å²) in [5, 5.41) is 22.0. The molecule has 0 radical (unpaired) electrons. The fourth-order valence-corrected chi connectivity index (χ4v) is 7.62. The second-order valence-corrected chi connectivity index (χ2v) is 12.3. The Hall–Kier alpha value is -2.22. The van der Waals surface area contributed by atoms with Crippen LogP contribution in [0, 0.1) is 29.3 Å².